The molecule has 7 heteroatoms. The molecule has 0 saturated heterocycles. The number of carbonyl (C=O) groups excluding carboxylic acids is 1. The summed E-state index contributed by atoms with van der Waals surface area (Å²) < 4.78 is 13.9. The molecule has 25 heavy (non-hydrogen) atoms. The van der Waals surface area contributed by atoms with Gasteiger partial charge >= 0.3 is 0 Å². The van der Waals surface area contributed by atoms with Crippen LogP contribution in [0.4, 0.5) is 4.39 Å². The van der Waals surface area contributed by atoms with Crippen LogP contribution < -0.4 is 10.6 Å². The lowest BCUT2D eigenvalue weighted by molar-refractivity contribution is -0.122. The van der Waals surface area contributed by atoms with Crippen molar-refractivity contribution in [3.8, 4) is 6.07 Å². The minimum Gasteiger partial charge on any atom is -0.357 e. The largest absolute Gasteiger partial charge is 0.357 e. The Labute approximate surface area is 148 Å². The molecule has 1 aromatic carbocycles. The fourth-order valence-electron chi connectivity index (χ4n) is 2.14. The highest BCUT2D eigenvalue weighted by Crippen LogP contribution is 2.11. The van der Waals surface area contributed by atoms with Gasteiger partial charge in [0, 0.05) is 24.7 Å². The second kappa shape index (κ2) is 9.02. The van der Waals surface area contributed by atoms with Gasteiger partial charge in [0.1, 0.15) is 5.82 Å². The van der Waals surface area contributed by atoms with Gasteiger partial charge in [0.05, 0.1) is 24.7 Å². The summed E-state index contributed by atoms with van der Waals surface area (Å²) in [7, 11) is 1.74. The van der Waals surface area contributed by atoms with Crippen molar-refractivity contribution in [1.82, 2.24) is 15.5 Å². The van der Waals surface area contributed by atoms with Crippen LogP contribution in [-0.2, 0) is 11.3 Å². The molecular formula is C18H26FN5O. The van der Waals surface area contributed by atoms with E-state index in [4.69, 9.17) is 5.26 Å². The maximum absolute atomic E-state index is 13.9. The number of nitriles is 1. The smallest absolute Gasteiger partial charge is 0.240 e. The Morgan fingerprint density at radius 3 is 2.64 bits per heavy atom. The first-order chi connectivity index (χ1) is 11.7. The van der Waals surface area contributed by atoms with Crippen molar-refractivity contribution in [2.45, 2.75) is 39.8 Å². The summed E-state index contributed by atoms with van der Waals surface area (Å²) in [6.07, 6.45) is 0. The molecule has 2 N–H and O–H groups in total. The predicted octanol–water partition coefficient (Wildman–Crippen LogP) is 2.01. The zero-order valence-corrected chi connectivity index (χ0v) is 15.5. The second-order valence-corrected chi connectivity index (χ2v) is 6.74. The van der Waals surface area contributed by atoms with Crippen LogP contribution >= 0.6 is 0 Å². The Bertz CT molecular complexity index is 673. The molecule has 1 rings (SSSR count). The summed E-state index contributed by atoms with van der Waals surface area (Å²) in [6, 6.07) is 6.15. The number of amides is 1. The van der Waals surface area contributed by atoms with E-state index in [0.717, 1.165) is 0 Å². The monoisotopic (exact) mass is 347 g/mol. The Morgan fingerprint density at radius 2 is 2.08 bits per heavy atom. The summed E-state index contributed by atoms with van der Waals surface area (Å²) in [5, 5.41) is 14.9. The third-order valence-corrected chi connectivity index (χ3v) is 3.17. The van der Waals surface area contributed by atoms with Gasteiger partial charge < -0.3 is 15.5 Å². The number of likely N-dealkylation sites (N-methyl/N-ethyl adjacent to an activating group) is 1. The van der Waals surface area contributed by atoms with Crippen molar-refractivity contribution in [3.63, 3.8) is 0 Å². The molecule has 0 bridgehead atoms. The van der Waals surface area contributed by atoms with Gasteiger partial charge in [-0.2, -0.15) is 5.26 Å². The second-order valence-electron chi connectivity index (χ2n) is 6.74. The van der Waals surface area contributed by atoms with E-state index in [1.807, 2.05) is 33.8 Å². The van der Waals surface area contributed by atoms with E-state index in [1.54, 1.807) is 11.9 Å². The average Bonchev–Trinajstić information content (AvgIpc) is 2.50. The van der Waals surface area contributed by atoms with Gasteiger partial charge in [-0.1, -0.05) is 0 Å². The number of carbonyl (C=O) groups is 1. The number of benzene rings is 1. The van der Waals surface area contributed by atoms with Gasteiger partial charge in [-0.05, 0) is 45.9 Å². The third-order valence-electron chi connectivity index (χ3n) is 3.17. The number of hydrogen-bond acceptors (Lipinski definition) is 3. The van der Waals surface area contributed by atoms with Gasteiger partial charge in [-0.15, -0.1) is 0 Å². The molecule has 0 unspecified atom stereocenters. The van der Waals surface area contributed by atoms with Crippen molar-refractivity contribution >= 4 is 11.9 Å². The van der Waals surface area contributed by atoms with Crippen molar-refractivity contribution < 1.29 is 9.18 Å². The van der Waals surface area contributed by atoms with E-state index >= 15 is 0 Å². The predicted molar refractivity (Wildman–Crippen MR) is 96.5 cm³/mol. The first-order valence-corrected chi connectivity index (χ1v) is 8.15. The summed E-state index contributed by atoms with van der Waals surface area (Å²) in [4.78, 5) is 18.1. The molecule has 1 aromatic rings. The fraction of sp³-hybridized carbons (Fsp3) is 0.500. The Morgan fingerprint density at radius 1 is 1.40 bits per heavy atom. The highest BCUT2D eigenvalue weighted by molar-refractivity contribution is 5.86. The molecule has 136 valence electrons. The van der Waals surface area contributed by atoms with Crippen LogP contribution in [0.15, 0.2) is 23.2 Å². The maximum Gasteiger partial charge on any atom is 0.240 e. The van der Waals surface area contributed by atoms with E-state index in [-0.39, 0.29) is 24.5 Å². The molecule has 0 spiro atoms. The fourth-order valence-corrected chi connectivity index (χ4v) is 2.14. The Balaban J connectivity index is 2.86. The molecule has 0 aliphatic carbocycles. The van der Waals surface area contributed by atoms with Gasteiger partial charge in [0.2, 0.25) is 5.91 Å². The Hall–Kier alpha value is -2.62. The van der Waals surface area contributed by atoms with E-state index in [2.05, 4.69) is 15.6 Å². The van der Waals surface area contributed by atoms with Crippen LogP contribution in [0, 0.1) is 17.1 Å². The van der Waals surface area contributed by atoms with Crippen molar-refractivity contribution in [1.29, 1.82) is 5.26 Å². The van der Waals surface area contributed by atoms with Crippen LogP contribution in [0.2, 0.25) is 0 Å². The van der Waals surface area contributed by atoms with Crippen LogP contribution in [0.1, 0.15) is 38.8 Å². The molecule has 0 heterocycles. The minimum atomic E-state index is -0.410. The van der Waals surface area contributed by atoms with Gasteiger partial charge in [0.15, 0.2) is 5.96 Å². The molecule has 0 fully saturated rings. The number of hydrogen-bond donors (Lipinski definition) is 2. The molecule has 1 amide bonds. The van der Waals surface area contributed by atoms with Crippen molar-refractivity contribution in [2.75, 3.05) is 20.1 Å². The Kier molecular flexibility index (Phi) is 7.37. The number of rotatable bonds is 5. The SMILES string of the molecule is CCNC(=NCc1cc(C#N)ccc1F)N(C)CC(=O)NC(C)(C)C. The molecule has 0 aromatic heterocycles. The summed E-state index contributed by atoms with van der Waals surface area (Å²) in [5.41, 5.74) is 0.408. The lowest BCUT2D eigenvalue weighted by atomic mass is 10.1. The zero-order valence-electron chi connectivity index (χ0n) is 15.5. The maximum atomic E-state index is 13.9. The van der Waals surface area contributed by atoms with Crippen LogP contribution in [-0.4, -0.2) is 42.4 Å². The third kappa shape index (κ3) is 7.21. The highest BCUT2D eigenvalue weighted by Gasteiger charge is 2.16. The van der Waals surface area contributed by atoms with Gasteiger partial charge in [-0.3, -0.25) is 4.79 Å². The number of nitrogens with zero attached hydrogens (tertiary/aromatic N) is 3. The van der Waals surface area contributed by atoms with Crippen molar-refractivity contribution in [3.05, 3.63) is 35.1 Å². The topological polar surface area (TPSA) is 80.5 Å². The van der Waals surface area contributed by atoms with E-state index in [9.17, 15) is 9.18 Å². The number of halogens is 1. The lowest BCUT2D eigenvalue weighted by Gasteiger charge is -2.25. The standard InChI is InChI=1S/C18H26FN5O/c1-6-21-17(24(5)12-16(25)23-18(2,3)4)22-11-14-9-13(10-20)7-8-15(14)19/h7-9H,6,11-12H2,1-5H3,(H,21,22)(H,23,25). The molecule has 0 aliphatic heterocycles. The summed E-state index contributed by atoms with van der Waals surface area (Å²) in [6.45, 7) is 8.47. The van der Waals surface area contributed by atoms with Gasteiger partial charge in [-0.25, -0.2) is 9.38 Å². The van der Waals surface area contributed by atoms with Crippen LogP contribution in [0.3, 0.4) is 0 Å². The quantitative estimate of drug-likeness (QED) is 0.631. The molecule has 0 saturated carbocycles. The normalized spacial score (nSPS) is 11.6. The summed E-state index contributed by atoms with van der Waals surface area (Å²) in [5.74, 6) is -0.0432. The number of nitrogens with one attached hydrogen (secondary N) is 2. The highest BCUT2D eigenvalue weighted by atomic mass is 19.1. The molecule has 0 atom stereocenters. The zero-order chi connectivity index (χ0) is 19.0. The van der Waals surface area contributed by atoms with E-state index in [0.29, 0.717) is 23.6 Å². The molecular weight excluding hydrogens is 321 g/mol. The summed E-state index contributed by atoms with van der Waals surface area (Å²) >= 11 is 0. The number of guanidine groups is 1. The molecule has 0 radical (unpaired) electrons. The first-order valence-electron chi connectivity index (χ1n) is 8.15. The first kappa shape index (κ1) is 20.4. The van der Waals surface area contributed by atoms with Gasteiger partial charge in [0.25, 0.3) is 0 Å². The average molecular weight is 347 g/mol. The van der Waals surface area contributed by atoms with Crippen LogP contribution in [0.5, 0.6) is 0 Å². The van der Waals surface area contributed by atoms with E-state index in [1.165, 1.54) is 18.2 Å². The molecule has 0 aliphatic rings. The minimum absolute atomic E-state index is 0.0783. The molecule has 6 nitrogen and oxygen atoms in total. The lowest BCUT2D eigenvalue weighted by Crippen LogP contribution is -2.48. The van der Waals surface area contributed by atoms with Crippen LogP contribution in [0.25, 0.3) is 0 Å². The van der Waals surface area contributed by atoms with Crippen molar-refractivity contribution in [2.24, 2.45) is 4.99 Å². The van der Waals surface area contributed by atoms with E-state index < -0.39 is 5.82 Å². The number of aliphatic imine (C=N–C) groups is 1.